The second-order valence-electron chi connectivity index (χ2n) is 15.5. The summed E-state index contributed by atoms with van der Waals surface area (Å²) in [6.45, 7) is 14.6. The van der Waals surface area contributed by atoms with Gasteiger partial charge in [-0.25, -0.2) is 0 Å². The molecule has 2 aromatic rings. The third-order valence-corrected chi connectivity index (χ3v) is 17.8. The van der Waals surface area contributed by atoms with Crippen LogP contribution in [0.25, 0.3) is 11.1 Å². The van der Waals surface area contributed by atoms with Crippen LogP contribution in [0.1, 0.15) is 128 Å². The van der Waals surface area contributed by atoms with Gasteiger partial charge in [-0.3, -0.25) is 0 Å². The Labute approximate surface area is 240 Å². The van der Waals surface area contributed by atoms with Gasteiger partial charge >= 0.3 is 0 Å². The molecule has 0 atom stereocenters. The lowest BCUT2D eigenvalue weighted by Crippen LogP contribution is -2.62. The van der Waals surface area contributed by atoms with Gasteiger partial charge in [-0.1, -0.05) is 166 Å². The molecule has 0 bridgehead atoms. The Kier molecular flexibility index (Phi) is 7.14. The van der Waals surface area contributed by atoms with Crippen LogP contribution in [0.3, 0.4) is 0 Å². The first-order valence-corrected chi connectivity index (χ1v) is 18.5. The third-order valence-electron chi connectivity index (χ3n) is 11.0. The van der Waals surface area contributed by atoms with Crippen LogP contribution in [0.2, 0.25) is 16.6 Å². The highest BCUT2D eigenvalue weighted by Gasteiger charge is 2.55. The van der Waals surface area contributed by atoms with E-state index >= 15 is 0 Å². The molecule has 0 aliphatic heterocycles. The van der Waals surface area contributed by atoms with Crippen LogP contribution in [0.5, 0.6) is 0 Å². The minimum atomic E-state index is -2.01. The van der Waals surface area contributed by atoms with E-state index in [1.54, 1.807) is 22.3 Å². The first-order chi connectivity index (χ1) is 18.6. The number of fused-ring (bicyclic) bond motifs is 3. The highest BCUT2D eigenvalue weighted by atomic mass is 28.3. The molecule has 0 amide bonds. The van der Waals surface area contributed by atoms with Crippen LogP contribution < -0.4 is 5.19 Å². The molecule has 0 nitrogen and oxygen atoms in total. The molecule has 2 saturated carbocycles. The molecule has 4 aliphatic carbocycles. The first-order valence-electron chi connectivity index (χ1n) is 16.3. The summed E-state index contributed by atoms with van der Waals surface area (Å²) in [5, 5.41) is 1.93. The standard InChI is InChI=1S/C38H52Si/c1-37(2,3)28-21-22-32-27(25-28)26-34-33(32)23-24-35(38(4,5)6)36(34)39(31-19-13-14-20-31,29-15-9-7-10-16-29)30-17-11-8-12-18-30/h13-14,19-25,29-31H,7-12,15-18,26H2,1-6H3. The second kappa shape index (κ2) is 10.2. The van der Waals surface area contributed by atoms with Crippen molar-refractivity contribution in [3.63, 3.8) is 0 Å². The van der Waals surface area contributed by atoms with Crippen LogP contribution >= 0.6 is 0 Å². The highest BCUT2D eigenvalue weighted by Crippen LogP contribution is 2.57. The lowest BCUT2D eigenvalue weighted by molar-refractivity contribution is 0.452. The van der Waals surface area contributed by atoms with Gasteiger partial charge in [0, 0.05) is 0 Å². The molecule has 4 aliphatic rings. The van der Waals surface area contributed by atoms with E-state index in [4.69, 9.17) is 0 Å². The Hall–Kier alpha value is -1.86. The largest absolute Gasteiger partial charge is 0.104 e. The fourth-order valence-corrected chi connectivity index (χ4v) is 17.4. The summed E-state index contributed by atoms with van der Waals surface area (Å²) in [5.41, 5.74) is 12.4. The maximum Gasteiger partial charge on any atom is 0.104 e. The summed E-state index contributed by atoms with van der Waals surface area (Å²) in [4.78, 5) is 0. The second-order valence-corrected chi connectivity index (χ2v) is 20.1. The van der Waals surface area contributed by atoms with Crippen molar-refractivity contribution in [3.05, 3.63) is 76.9 Å². The lowest BCUT2D eigenvalue weighted by Gasteiger charge is -2.53. The van der Waals surface area contributed by atoms with Crippen molar-refractivity contribution < 1.29 is 0 Å². The highest BCUT2D eigenvalue weighted by molar-refractivity contribution is 6.96. The average molecular weight is 537 g/mol. The lowest BCUT2D eigenvalue weighted by atomic mass is 9.84. The zero-order valence-electron chi connectivity index (χ0n) is 25.7. The van der Waals surface area contributed by atoms with Gasteiger partial charge in [-0.05, 0) is 67.3 Å². The fourth-order valence-electron chi connectivity index (χ4n) is 9.23. The molecule has 2 aromatic carbocycles. The number of hydrogen-bond acceptors (Lipinski definition) is 0. The Morgan fingerprint density at radius 1 is 0.641 bits per heavy atom. The molecule has 2 fully saturated rings. The van der Waals surface area contributed by atoms with Crippen LogP contribution in [-0.4, -0.2) is 8.07 Å². The molecule has 208 valence electrons. The van der Waals surface area contributed by atoms with E-state index < -0.39 is 8.07 Å². The van der Waals surface area contributed by atoms with Gasteiger partial charge in [0.15, 0.2) is 0 Å². The maximum absolute atomic E-state index is 2.67. The minimum Gasteiger partial charge on any atom is -0.0800 e. The Bertz CT molecular complexity index is 1240. The molecule has 0 heterocycles. The minimum absolute atomic E-state index is 0.156. The van der Waals surface area contributed by atoms with Crippen molar-refractivity contribution in [1.29, 1.82) is 0 Å². The Balaban J connectivity index is 1.64. The van der Waals surface area contributed by atoms with Crippen molar-refractivity contribution in [2.45, 2.75) is 140 Å². The summed E-state index contributed by atoms with van der Waals surface area (Å²) in [5.74, 6) is 0. The summed E-state index contributed by atoms with van der Waals surface area (Å²) < 4.78 is 0. The van der Waals surface area contributed by atoms with Crippen molar-refractivity contribution in [2.75, 3.05) is 0 Å². The maximum atomic E-state index is 2.67. The van der Waals surface area contributed by atoms with Crippen LogP contribution in [0.4, 0.5) is 0 Å². The van der Waals surface area contributed by atoms with Crippen molar-refractivity contribution >= 4 is 13.3 Å². The molecule has 0 aromatic heterocycles. The van der Waals surface area contributed by atoms with E-state index in [2.05, 4.69) is 96.2 Å². The molecular weight excluding hydrogens is 485 g/mol. The van der Waals surface area contributed by atoms with Crippen molar-refractivity contribution in [2.24, 2.45) is 0 Å². The van der Waals surface area contributed by atoms with Gasteiger partial charge in [-0.15, -0.1) is 0 Å². The van der Waals surface area contributed by atoms with Crippen LogP contribution in [0.15, 0.2) is 54.6 Å². The van der Waals surface area contributed by atoms with E-state index in [0.29, 0.717) is 5.54 Å². The first kappa shape index (κ1) is 27.3. The normalized spacial score (nSPS) is 21.0. The van der Waals surface area contributed by atoms with Gasteiger partial charge < -0.3 is 0 Å². The van der Waals surface area contributed by atoms with E-state index in [1.165, 1.54) is 75.3 Å². The SMILES string of the molecule is CC(C)(C)c1ccc2c(c1)Cc1c-2ccc(C(C)(C)C)c1[Si](C1C=CC=C1)(C1CCCCC1)C1CCCCC1. The summed E-state index contributed by atoms with van der Waals surface area (Å²) in [6, 6.07) is 12.6. The fraction of sp³-hybridized carbons (Fsp3) is 0.579. The zero-order valence-corrected chi connectivity index (χ0v) is 26.7. The Morgan fingerprint density at radius 2 is 1.21 bits per heavy atom. The predicted octanol–water partition coefficient (Wildman–Crippen LogP) is 10.7. The summed E-state index contributed by atoms with van der Waals surface area (Å²) in [6.07, 6.45) is 25.8. The molecule has 0 N–H and O–H groups in total. The number of allylic oxidation sites excluding steroid dienone is 4. The van der Waals surface area contributed by atoms with Crippen molar-refractivity contribution in [1.82, 2.24) is 0 Å². The monoisotopic (exact) mass is 536 g/mol. The summed E-state index contributed by atoms with van der Waals surface area (Å²) in [7, 11) is -2.01. The van der Waals surface area contributed by atoms with Crippen molar-refractivity contribution in [3.8, 4) is 11.1 Å². The quantitative estimate of drug-likeness (QED) is 0.291. The van der Waals surface area contributed by atoms with Crippen LogP contribution in [0, 0.1) is 0 Å². The van der Waals surface area contributed by atoms with Gasteiger partial charge in [-0.2, -0.15) is 0 Å². The van der Waals surface area contributed by atoms with E-state index in [1.807, 2.05) is 5.19 Å². The Morgan fingerprint density at radius 3 is 1.74 bits per heavy atom. The topological polar surface area (TPSA) is 0 Å². The predicted molar refractivity (Wildman–Crippen MR) is 173 cm³/mol. The number of hydrogen-bond donors (Lipinski definition) is 0. The third kappa shape index (κ3) is 4.65. The number of rotatable bonds is 4. The molecule has 0 unspecified atom stereocenters. The van der Waals surface area contributed by atoms with E-state index in [0.717, 1.165) is 17.5 Å². The molecule has 0 radical (unpaired) electrons. The van der Waals surface area contributed by atoms with E-state index in [-0.39, 0.29) is 10.8 Å². The molecule has 39 heavy (non-hydrogen) atoms. The van der Waals surface area contributed by atoms with Crippen LogP contribution in [-0.2, 0) is 17.3 Å². The molecule has 0 spiro atoms. The summed E-state index contributed by atoms with van der Waals surface area (Å²) >= 11 is 0. The van der Waals surface area contributed by atoms with Gasteiger partial charge in [0.25, 0.3) is 0 Å². The molecular formula is C38H52Si. The smallest absolute Gasteiger partial charge is 0.0800 e. The average Bonchev–Trinajstić information content (AvgIpc) is 3.58. The van der Waals surface area contributed by atoms with E-state index in [9.17, 15) is 0 Å². The molecule has 0 saturated heterocycles. The van der Waals surface area contributed by atoms with Gasteiger partial charge in [0.2, 0.25) is 0 Å². The number of benzene rings is 2. The molecule has 1 heteroatoms. The zero-order chi connectivity index (χ0) is 27.4. The van der Waals surface area contributed by atoms with Gasteiger partial charge in [0.1, 0.15) is 8.07 Å². The molecule has 6 rings (SSSR count). The van der Waals surface area contributed by atoms with Gasteiger partial charge in [0.05, 0.1) is 0 Å².